The van der Waals surface area contributed by atoms with Crippen LogP contribution < -0.4 is 10.2 Å². The number of hydrogen-bond acceptors (Lipinski definition) is 4. The van der Waals surface area contributed by atoms with Crippen LogP contribution in [0.2, 0.25) is 0 Å². The van der Waals surface area contributed by atoms with E-state index in [9.17, 15) is 10.1 Å². The number of hydrogen-bond donors (Lipinski definition) is 1. The standard InChI is InChI=1S/C16H23N3O2/c1-12-10-14(19(20)21)6-7-16(12)18-9-3-4-13(11-18)15-5-2-8-17-15/h6-7,10,13,15,17H,2-5,8-9,11H2,1H3. The lowest BCUT2D eigenvalue weighted by molar-refractivity contribution is -0.384. The molecule has 2 unspecified atom stereocenters. The van der Waals surface area contributed by atoms with Gasteiger partial charge in [-0.25, -0.2) is 0 Å². The molecule has 0 radical (unpaired) electrons. The van der Waals surface area contributed by atoms with Gasteiger partial charge < -0.3 is 10.2 Å². The third-order valence-corrected chi connectivity index (χ3v) is 4.86. The highest BCUT2D eigenvalue weighted by atomic mass is 16.6. The van der Waals surface area contributed by atoms with Crippen molar-refractivity contribution in [3.8, 4) is 0 Å². The molecule has 114 valence electrons. The van der Waals surface area contributed by atoms with Crippen molar-refractivity contribution in [1.29, 1.82) is 0 Å². The summed E-state index contributed by atoms with van der Waals surface area (Å²) in [5.41, 5.74) is 2.34. The lowest BCUT2D eigenvalue weighted by Crippen LogP contribution is -2.43. The number of rotatable bonds is 3. The summed E-state index contributed by atoms with van der Waals surface area (Å²) in [4.78, 5) is 12.9. The topological polar surface area (TPSA) is 58.4 Å². The van der Waals surface area contributed by atoms with Crippen LogP contribution in [0.4, 0.5) is 11.4 Å². The number of nitrogens with zero attached hydrogens (tertiary/aromatic N) is 2. The number of piperidine rings is 1. The first-order valence-corrected chi connectivity index (χ1v) is 7.88. The van der Waals surface area contributed by atoms with E-state index in [1.807, 2.05) is 13.0 Å². The van der Waals surface area contributed by atoms with Crippen molar-refractivity contribution in [3.05, 3.63) is 33.9 Å². The molecule has 0 saturated carbocycles. The van der Waals surface area contributed by atoms with Gasteiger partial charge in [-0.3, -0.25) is 10.1 Å². The van der Waals surface area contributed by atoms with Gasteiger partial charge in [-0.15, -0.1) is 0 Å². The lowest BCUT2D eigenvalue weighted by atomic mass is 9.89. The van der Waals surface area contributed by atoms with Gasteiger partial charge in [-0.1, -0.05) is 0 Å². The summed E-state index contributed by atoms with van der Waals surface area (Å²) in [5, 5.41) is 14.5. The second-order valence-corrected chi connectivity index (χ2v) is 6.28. The fourth-order valence-corrected chi connectivity index (χ4v) is 3.78. The van der Waals surface area contributed by atoms with Crippen molar-refractivity contribution < 1.29 is 4.92 Å². The van der Waals surface area contributed by atoms with Crippen LogP contribution in [-0.4, -0.2) is 30.6 Å². The van der Waals surface area contributed by atoms with Gasteiger partial charge in [-0.05, 0) is 56.7 Å². The first-order chi connectivity index (χ1) is 10.1. The van der Waals surface area contributed by atoms with E-state index in [4.69, 9.17) is 0 Å². The molecule has 2 fully saturated rings. The largest absolute Gasteiger partial charge is 0.371 e. The third-order valence-electron chi connectivity index (χ3n) is 4.86. The Balaban J connectivity index is 1.75. The Morgan fingerprint density at radius 1 is 1.33 bits per heavy atom. The molecular formula is C16H23N3O2. The van der Waals surface area contributed by atoms with Gasteiger partial charge in [0.05, 0.1) is 4.92 Å². The summed E-state index contributed by atoms with van der Waals surface area (Å²) in [6, 6.07) is 5.89. The Morgan fingerprint density at radius 3 is 2.86 bits per heavy atom. The molecule has 0 bridgehead atoms. The third kappa shape index (κ3) is 3.02. The van der Waals surface area contributed by atoms with Crippen LogP contribution in [0.15, 0.2) is 18.2 Å². The molecule has 2 aliphatic rings. The van der Waals surface area contributed by atoms with E-state index in [0.29, 0.717) is 12.0 Å². The fraction of sp³-hybridized carbons (Fsp3) is 0.625. The lowest BCUT2D eigenvalue weighted by Gasteiger charge is -2.37. The molecule has 3 rings (SSSR count). The number of nitro benzene ring substituents is 1. The molecule has 5 nitrogen and oxygen atoms in total. The van der Waals surface area contributed by atoms with Gasteiger partial charge in [0.25, 0.3) is 5.69 Å². The summed E-state index contributed by atoms with van der Waals surface area (Å²) in [7, 11) is 0. The molecular weight excluding hydrogens is 266 g/mol. The predicted octanol–water partition coefficient (Wildman–Crippen LogP) is 2.87. The minimum atomic E-state index is -0.321. The van der Waals surface area contributed by atoms with Gasteiger partial charge >= 0.3 is 0 Å². The minimum Gasteiger partial charge on any atom is -0.371 e. The fourth-order valence-electron chi connectivity index (χ4n) is 3.78. The first kappa shape index (κ1) is 14.3. The van der Waals surface area contributed by atoms with Crippen LogP contribution in [0.25, 0.3) is 0 Å². The van der Waals surface area contributed by atoms with Crippen LogP contribution >= 0.6 is 0 Å². The van der Waals surface area contributed by atoms with Gasteiger partial charge in [0.2, 0.25) is 0 Å². The number of non-ortho nitro benzene ring substituents is 1. The maximum atomic E-state index is 10.9. The van der Waals surface area contributed by atoms with Crippen LogP contribution in [0.1, 0.15) is 31.2 Å². The molecule has 1 N–H and O–H groups in total. The molecule has 0 aromatic heterocycles. The highest BCUT2D eigenvalue weighted by molar-refractivity contribution is 5.57. The van der Waals surface area contributed by atoms with E-state index < -0.39 is 0 Å². The van der Waals surface area contributed by atoms with Gasteiger partial charge in [0, 0.05) is 37.0 Å². The zero-order valence-electron chi connectivity index (χ0n) is 12.5. The van der Waals surface area contributed by atoms with E-state index in [2.05, 4.69) is 10.2 Å². The average Bonchev–Trinajstić information content (AvgIpc) is 3.01. The number of benzene rings is 1. The Labute approximate surface area is 125 Å². The zero-order valence-corrected chi connectivity index (χ0v) is 12.5. The molecule has 0 aliphatic carbocycles. The summed E-state index contributed by atoms with van der Waals surface area (Å²) in [5.74, 6) is 0.704. The van der Waals surface area contributed by atoms with E-state index in [1.165, 1.54) is 25.7 Å². The predicted molar refractivity (Wildman–Crippen MR) is 83.8 cm³/mol. The minimum absolute atomic E-state index is 0.183. The zero-order chi connectivity index (χ0) is 14.8. The molecule has 0 amide bonds. The highest BCUT2D eigenvalue weighted by Crippen LogP contribution is 2.31. The Kier molecular flexibility index (Phi) is 4.10. The van der Waals surface area contributed by atoms with Crippen LogP contribution in [-0.2, 0) is 0 Å². The Morgan fingerprint density at radius 2 is 2.19 bits per heavy atom. The Bertz CT molecular complexity index is 526. The SMILES string of the molecule is Cc1cc([N+](=O)[O-])ccc1N1CCCC(C2CCCN2)C1. The van der Waals surface area contributed by atoms with Crippen molar-refractivity contribution in [3.63, 3.8) is 0 Å². The molecule has 0 spiro atoms. The second-order valence-electron chi connectivity index (χ2n) is 6.28. The van der Waals surface area contributed by atoms with Gasteiger partial charge in [-0.2, -0.15) is 0 Å². The van der Waals surface area contributed by atoms with Crippen molar-refractivity contribution in [2.24, 2.45) is 5.92 Å². The average molecular weight is 289 g/mol. The quantitative estimate of drug-likeness (QED) is 0.686. The van der Waals surface area contributed by atoms with Crippen LogP contribution in [0, 0.1) is 23.0 Å². The van der Waals surface area contributed by atoms with Crippen molar-refractivity contribution >= 4 is 11.4 Å². The van der Waals surface area contributed by atoms with Crippen LogP contribution in [0.5, 0.6) is 0 Å². The van der Waals surface area contributed by atoms with Crippen LogP contribution in [0.3, 0.4) is 0 Å². The van der Waals surface area contributed by atoms with Gasteiger partial charge in [0.15, 0.2) is 0 Å². The van der Waals surface area contributed by atoms with E-state index in [0.717, 1.165) is 30.9 Å². The number of nitro groups is 1. The number of aryl methyl sites for hydroxylation is 1. The Hall–Kier alpha value is -1.62. The summed E-state index contributed by atoms with van der Waals surface area (Å²) < 4.78 is 0. The molecule has 21 heavy (non-hydrogen) atoms. The molecule has 2 saturated heterocycles. The number of anilines is 1. The smallest absolute Gasteiger partial charge is 0.269 e. The summed E-state index contributed by atoms with van der Waals surface area (Å²) in [6.07, 6.45) is 5.08. The molecule has 2 aliphatic heterocycles. The van der Waals surface area contributed by atoms with Crippen molar-refractivity contribution in [1.82, 2.24) is 5.32 Å². The van der Waals surface area contributed by atoms with E-state index in [1.54, 1.807) is 12.1 Å². The highest BCUT2D eigenvalue weighted by Gasteiger charge is 2.29. The van der Waals surface area contributed by atoms with E-state index >= 15 is 0 Å². The normalized spacial score (nSPS) is 26.0. The molecule has 2 heterocycles. The summed E-state index contributed by atoms with van der Waals surface area (Å²) in [6.45, 7) is 5.25. The second kappa shape index (κ2) is 6.02. The molecule has 5 heteroatoms. The monoisotopic (exact) mass is 289 g/mol. The van der Waals surface area contributed by atoms with Crippen molar-refractivity contribution in [2.75, 3.05) is 24.5 Å². The first-order valence-electron chi connectivity index (χ1n) is 7.88. The maximum Gasteiger partial charge on any atom is 0.269 e. The summed E-state index contributed by atoms with van der Waals surface area (Å²) >= 11 is 0. The molecule has 2 atom stereocenters. The molecule has 1 aromatic carbocycles. The van der Waals surface area contributed by atoms with Crippen molar-refractivity contribution in [2.45, 2.75) is 38.6 Å². The van der Waals surface area contributed by atoms with Gasteiger partial charge in [0.1, 0.15) is 0 Å². The maximum absolute atomic E-state index is 10.9. The molecule has 1 aromatic rings. The number of nitrogens with one attached hydrogen (secondary N) is 1. The van der Waals surface area contributed by atoms with E-state index in [-0.39, 0.29) is 10.6 Å².